The fourth-order valence-corrected chi connectivity index (χ4v) is 3.62. The zero-order chi connectivity index (χ0) is 21.5. The van der Waals surface area contributed by atoms with Crippen molar-refractivity contribution in [2.24, 2.45) is 0 Å². The molecule has 3 aromatic rings. The number of hydrogen-bond donors (Lipinski definition) is 1. The Balaban J connectivity index is 1.68. The molecule has 1 aromatic heterocycles. The average molecular weight is 426 g/mol. The Morgan fingerprint density at radius 3 is 2.33 bits per heavy atom. The molecular formula is C22H23N3O4S. The minimum Gasteiger partial charge on any atom is -0.497 e. The maximum absolute atomic E-state index is 12.7. The minimum atomic E-state index is -0.334. The standard InChI is InChI=1S/C22H23N3O4S/c1-4-25(17-8-6-5-7-9-17)20(26)12-16-14-30-22(23-16)24-21(27)15-10-18(28-2)13-19(11-15)29-3/h5-11,13-14H,4,12H2,1-3H3,(H,23,24,27). The van der Waals surface area contributed by atoms with Gasteiger partial charge in [0.15, 0.2) is 5.13 Å². The average Bonchev–Trinajstić information content (AvgIpc) is 3.21. The highest BCUT2D eigenvalue weighted by Crippen LogP contribution is 2.24. The Morgan fingerprint density at radius 2 is 1.73 bits per heavy atom. The molecule has 1 heterocycles. The number of para-hydroxylation sites is 1. The highest BCUT2D eigenvalue weighted by molar-refractivity contribution is 7.14. The van der Waals surface area contributed by atoms with E-state index in [1.54, 1.807) is 28.5 Å². The fourth-order valence-electron chi connectivity index (χ4n) is 2.91. The molecule has 0 atom stereocenters. The maximum Gasteiger partial charge on any atom is 0.257 e. The van der Waals surface area contributed by atoms with Gasteiger partial charge in [-0.15, -0.1) is 11.3 Å². The van der Waals surface area contributed by atoms with Crippen molar-refractivity contribution >= 4 is 34.0 Å². The molecule has 2 amide bonds. The molecule has 156 valence electrons. The van der Waals surface area contributed by atoms with Crippen molar-refractivity contribution in [3.8, 4) is 11.5 Å². The summed E-state index contributed by atoms with van der Waals surface area (Å²) in [6, 6.07) is 14.4. The SMILES string of the molecule is CCN(C(=O)Cc1csc(NC(=O)c2cc(OC)cc(OC)c2)n1)c1ccccc1. The molecule has 0 aliphatic rings. The number of benzene rings is 2. The van der Waals surface area contributed by atoms with Crippen molar-refractivity contribution < 1.29 is 19.1 Å². The number of anilines is 2. The molecular weight excluding hydrogens is 402 g/mol. The Kier molecular flexibility index (Phi) is 7.03. The summed E-state index contributed by atoms with van der Waals surface area (Å²) in [5.74, 6) is 0.652. The Hall–Kier alpha value is -3.39. The summed E-state index contributed by atoms with van der Waals surface area (Å²) in [6.07, 6.45) is 0.155. The van der Waals surface area contributed by atoms with Crippen LogP contribution in [0.15, 0.2) is 53.9 Å². The third-order valence-electron chi connectivity index (χ3n) is 4.40. The van der Waals surface area contributed by atoms with E-state index in [1.165, 1.54) is 25.6 Å². The largest absolute Gasteiger partial charge is 0.497 e. The van der Waals surface area contributed by atoms with Crippen LogP contribution in [-0.2, 0) is 11.2 Å². The van der Waals surface area contributed by atoms with E-state index in [9.17, 15) is 9.59 Å². The number of ether oxygens (including phenoxy) is 2. The lowest BCUT2D eigenvalue weighted by atomic mass is 10.2. The van der Waals surface area contributed by atoms with Crippen molar-refractivity contribution in [2.45, 2.75) is 13.3 Å². The van der Waals surface area contributed by atoms with Gasteiger partial charge in [-0.2, -0.15) is 0 Å². The third-order valence-corrected chi connectivity index (χ3v) is 5.21. The molecule has 2 aromatic carbocycles. The molecule has 0 radical (unpaired) electrons. The Labute approximate surface area is 179 Å². The summed E-state index contributed by atoms with van der Waals surface area (Å²) < 4.78 is 10.4. The molecule has 0 saturated heterocycles. The lowest BCUT2D eigenvalue weighted by Crippen LogP contribution is -2.32. The first-order valence-electron chi connectivity index (χ1n) is 9.38. The van der Waals surface area contributed by atoms with Gasteiger partial charge >= 0.3 is 0 Å². The van der Waals surface area contributed by atoms with Crippen molar-refractivity contribution in [2.75, 3.05) is 31.0 Å². The summed E-state index contributed by atoms with van der Waals surface area (Å²) in [5, 5.41) is 4.96. The number of carbonyl (C=O) groups excluding carboxylic acids is 2. The van der Waals surface area contributed by atoms with Crippen LogP contribution in [0.5, 0.6) is 11.5 Å². The number of nitrogens with zero attached hydrogens (tertiary/aromatic N) is 2. The van der Waals surface area contributed by atoms with Gasteiger partial charge in [0, 0.05) is 29.2 Å². The van der Waals surface area contributed by atoms with Crippen molar-refractivity contribution in [3.05, 3.63) is 65.2 Å². The van der Waals surface area contributed by atoms with Gasteiger partial charge in [0.05, 0.1) is 26.3 Å². The normalized spacial score (nSPS) is 10.4. The third kappa shape index (κ3) is 5.15. The lowest BCUT2D eigenvalue weighted by Gasteiger charge is -2.20. The molecule has 0 spiro atoms. The zero-order valence-electron chi connectivity index (χ0n) is 17.0. The van der Waals surface area contributed by atoms with Gasteiger partial charge in [0.2, 0.25) is 5.91 Å². The number of amides is 2. The molecule has 7 nitrogen and oxygen atoms in total. The second-order valence-electron chi connectivity index (χ2n) is 6.35. The van der Waals surface area contributed by atoms with Crippen LogP contribution in [0.3, 0.4) is 0 Å². The number of carbonyl (C=O) groups is 2. The zero-order valence-corrected chi connectivity index (χ0v) is 17.9. The highest BCUT2D eigenvalue weighted by Gasteiger charge is 2.17. The second kappa shape index (κ2) is 9.89. The van der Waals surface area contributed by atoms with E-state index in [0.717, 1.165) is 5.69 Å². The van der Waals surface area contributed by atoms with Crippen molar-refractivity contribution in [1.82, 2.24) is 4.98 Å². The van der Waals surface area contributed by atoms with Crippen molar-refractivity contribution in [3.63, 3.8) is 0 Å². The van der Waals surface area contributed by atoms with Crippen LogP contribution in [0.4, 0.5) is 10.8 Å². The van der Waals surface area contributed by atoms with E-state index < -0.39 is 0 Å². The molecule has 0 unspecified atom stereocenters. The van der Waals surface area contributed by atoms with E-state index in [0.29, 0.717) is 34.4 Å². The van der Waals surface area contributed by atoms with Gasteiger partial charge in [-0.05, 0) is 31.2 Å². The van der Waals surface area contributed by atoms with E-state index in [-0.39, 0.29) is 18.2 Å². The number of hydrogen-bond acceptors (Lipinski definition) is 6. The van der Waals surface area contributed by atoms with E-state index in [2.05, 4.69) is 10.3 Å². The molecule has 8 heteroatoms. The van der Waals surface area contributed by atoms with Gasteiger partial charge in [-0.3, -0.25) is 14.9 Å². The monoisotopic (exact) mass is 425 g/mol. The molecule has 0 saturated carbocycles. The maximum atomic E-state index is 12.7. The molecule has 1 N–H and O–H groups in total. The van der Waals surface area contributed by atoms with Crippen LogP contribution in [-0.4, -0.2) is 37.6 Å². The van der Waals surface area contributed by atoms with Crippen LogP contribution in [0.2, 0.25) is 0 Å². The fraction of sp³-hybridized carbons (Fsp3) is 0.227. The summed E-state index contributed by atoms with van der Waals surface area (Å²) in [6.45, 7) is 2.49. The predicted octanol–water partition coefficient (Wildman–Crippen LogP) is 4.01. The number of methoxy groups -OCH3 is 2. The van der Waals surface area contributed by atoms with Gasteiger partial charge in [0.25, 0.3) is 5.91 Å². The molecule has 0 bridgehead atoms. The number of likely N-dealkylation sites (N-methyl/N-ethyl adjacent to an activating group) is 1. The molecule has 0 aliphatic carbocycles. The smallest absolute Gasteiger partial charge is 0.257 e. The Morgan fingerprint density at radius 1 is 1.07 bits per heavy atom. The van der Waals surface area contributed by atoms with Gasteiger partial charge in [-0.25, -0.2) is 4.98 Å². The number of aromatic nitrogens is 1. The summed E-state index contributed by atoms with van der Waals surface area (Å²) in [7, 11) is 3.05. The molecule has 3 rings (SSSR count). The quantitative estimate of drug-likeness (QED) is 0.590. The first-order valence-corrected chi connectivity index (χ1v) is 10.3. The second-order valence-corrected chi connectivity index (χ2v) is 7.21. The number of nitrogens with one attached hydrogen (secondary N) is 1. The number of thiazole rings is 1. The highest BCUT2D eigenvalue weighted by atomic mass is 32.1. The van der Waals surface area contributed by atoms with Gasteiger partial charge in [-0.1, -0.05) is 18.2 Å². The van der Waals surface area contributed by atoms with Crippen LogP contribution >= 0.6 is 11.3 Å². The lowest BCUT2D eigenvalue weighted by molar-refractivity contribution is -0.118. The van der Waals surface area contributed by atoms with Crippen LogP contribution in [0, 0.1) is 0 Å². The molecule has 0 fully saturated rings. The Bertz CT molecular complexity index is 998. The van der Waals surface area contributed by atoms with Gasteiger partial charge < -0.3 is 14.4 Å². The first-order chi connectivity index (χ1) is 14.5. The summed E-state index contributed by atoms with van der Waals surface area (Å²) in [4.78, 5) is 31.4. The van der Waals surface area contributed by atoms with Crippen LogP contribution < -0.4 is 19.7 Å². The molecule has 30 heavy (non-hydrogen) atoms. The van der Waals surface area contributed by atoms with E-state index in [1.807, 2.05) is 37.3 Å². The summed E-state index contributed by atoms with van der Waals surface area (Å²) in [5.41, 5.74) is 1.85. The number of rotatable bonds is 8. The minimum absolute atomic E-state index is 0.0515. The predicted molar refractivity (Wildman–Crippen MR) is 118 cm³/mol. The summed E-state index contributed by atoms with van der Waals surface area (Å²) >= 11 is 1.27. The topological polar surface area (TPSA) is 80.8 Å². The van der Waals surface area contributed by atoms with Gasteiger partial charge in [0.1, 0.15) is 11.5 Å². The first kappa shape index (κ1) is 21.3. The molecule has 0 aliphatic heterocycles. The van der Waals surface area contributed by atoms with Crippen LogP contribution in [0.25, 0.3) is 0 Å². The van der Waals surface area contributed by atoms with E-state index in [4.69, 9.17) is 9.47 Å². The van der Waals surface area contributed by atoms with E-state index >= 15 is 0 Å². The van der Waals surface area contributed by atoms with Crippen LogP contribution in [0.1, 0.15) is 23.0 Å². The van der Waals surface area contributed by atoms with Crippen molar-refractivity contribution in [1.29, 1.82) is 0 Å².